The van der Waals surface area contributed by atoms with E-state index in [0.29, 0.717) is 26.3 Å². The monoisotopic (exact) mass is 527 g/mol. The molecule has 0 radical (unpaired) electrons. The Labute approximate surface area is 204 Å². The van der Waals surface area contributed by atoms with E-state index in [2.05, 4.69) is 5.32 Å². The van der Waals surface area contributed by atoms with Gasteiger partial charge in [0.05, 0.1) is 23.1 Å². The fourth-order valence-corrected chi connectivity index (χ4v) is 7.37. The number of hydrogen-bond donors (Lipinski definition) is 1. The van der Waals surface area contributed by atoms with Crippen LogP contribution in [-0.2, 0) is 24.8 Å². The maximum Gasteiger partial charge on any atom is 0.255 e. The minimum Gasteiger partial charge on any atom is -0.379 e. The first kappa shape index (κ1) is 25.1. The molecule has 0 atom stereocenters. The molecule has 0 spiro atoms. The summed E-state index contributed by atoms with van der Waals surface area (Å²) in [6.07, 6.45) is 2.69. The average Bonchev–Trinajstić information content (AvgIpc) is 2.86. The van der Waals surface area contributed by atoms with Crippen LogP contribution < -0.4 is 5.32 Å². The molecule has 2 aliphatic rings. The predicted octanol–water partition coefficient (Wildman–Crippen LogP) is 2.79. The average molecular weight is 528 g/mol. The van der Waals surface area contributed by atoms with Gasteiger partial charge in [0.25, 0.3) is 5.91 Å². The minimum absolute atomic E-state index is 0.0526. The van der Waals surface area contributed by atoms with Crippen LogP contribution in [0.4, 0.5) is 5.69 Å². The summed E-state index contributed by atoms with van der Waals surface area (Å²) >= 11 is 6.17. The fraction of sp³-hybridized carbons (Fsp3) is 0.409. The molecule has 2 aliphatic heterocycles. The molecule has 0 aliphatic carbocycles. The van der Waals surface area contributed by atoms with Gasteiger partial charge in [-0.05, 0) is 55.3 Å². The summed E-state index contributed by atoms with van der Waals surface area (Å²) in [5.41, 5.74) is 0.497. The van der Waals surface area contributed by atoms with E-state index >= 15 is 0 Å². The molecule has 0 bridgehead atoms. The Balaban J connectivity index is 1.50. The lowest BCUT2D eigenvalue weighted by molar-refractivity contribution is 0.0730. The van der Waals surface area contributed by atoms with E-state index in [1.807, 2.05) is 0 Å². The number of carbonyl (C=O) groups is 1. The van der Waals surface area contributed by atoms with Crippen LogP contribution in [0.5, 0.6) is 0 Å². The number of benzene rings is 2. The number of hydrogen-bond acceptors (Lipinski definition) is 6. The van der Waals surface area contributed by atoms with Gasteiger partial charge in [-0.15, -0.1) is 0 Å². The number of nitrogens with zero attached hydrogens (tertiary/aromatic N) is 2. The zero-order valence-electron chi connectivity index (χ0n) is 18.4. The van der Waals surface area contributed by atoms with Gasteiger partial charge in [0.15, 0.2) is 0 Å². The first-order valence-electron chi connectivity index (χ1n) is 11.0. The highest BCUT2D eigenvalue weighted by atomic mass is 35.5. The second kappa shape index (κ2) is 10.3. The van der Waals surface area contributed by atoms with Gasteiger partial charge in [-0.1, -0.05) is 18.0 Å². The second-order valence-electron chi connectivity index (χ2n) is 8.10. The van der Waals surface area contributed by atoms with Crippen molar-refractivity contribution in [1.82, 2.24) is 8.61 Å². The largest absolute Gasteiger partial charge is 0.379 e. The lowest BCUT2D eigenvalue weighted by Gasteiger charge is -2.26. The first-order chi connectivity index (χ1) is 16.2. The smallest absolute Gasteiger partial charge is 0.255 e. The van der Waals surface area contributed by atoms with E-state index in [1.165, 1.54) is 51.1 Å². The lowest BCUT2D eigenvalue weighted by Crippen LogP contribution is -2.40. The normalized spacial score (nSPS) is 18.5. The van der Waals surface area contributed by atoms with E-state index < -0.39 is 26.0 Å². The number of piperidine rings is 1. The Bertz CT molecular complexity index is 1250. The summed E-state index contributed by atoms with van der Waals surface area (Å²) in [6, 6.07) is 9.94. The number of rotatable bonds is 6. The Morgan fingerprint density at radius 1 is 0.824 bits per heavy atom. The summed E-state index contributed by atoms with van der Waals surface area (Å²) in [5.74, 6) is -0.501. The molecule has 1 amide bonds. The minimum atomic E-state index is -3.85. The number of sulfonamides is 2. The lowest BCUT2D eigenvalue weighted by atomic mass is 10.2. The molecule has 4 rings (SSSR count). The van der Waals surface area contributed by atoms with Crippen molar-refractivity contribution in [1.29, 1.82) is 0 Å². The number of carbonyl (C=O) groups excluding carboxylic acids is 1. The molecular weight excluding hydrogens is 502 g/mol. The summed E-state index contributed by atoms with van der Waals surface area (Å²) < 4.78 is 59.6. The van der Waals surface area contributed by atoms with E-state index in [9.17, 15) is 21.6 Å². The van der Waals surface area contributed by atoms with Gasteiger partial charge >= 0.3 is 0 Å². The molecule has 2 aromatic rings. The van der Waals surface area contributed by atoms with Crippen LogP contribution in [0.1, 0.15) is 29.6 Å². The highest BCUT2D eigenvalue weighted by Gasteiger charge is 2.29. The molecule has 9 nitrogen and oxygen atoms in total. The van der Waals surface area contributed by atoms with Gasteiger partial charge in [-0.25, -0.2) is 16.8 Å². The van der Waals surface area contributed by atoms with Gasteiger partial charge in [-0.3, -0.25) is 4.79 Å². The van der Waals surface area contributed by atoms with E-state index in [1.54, 1.807) is 0 Å². The molecule has 34 heavy (non-hydrogen) atoms. The number of ether oxygens (including phenoxy) is 1. The van der Waals surface area contributed by atoms with Gasteiger partial charge in [0, 0.05) is 37.4 Å². The zero-order valence-corrected chi connectivity index (χ0v) is 20.8. The second-order valence-corrected chi connectivity index (χ2v) is 12.4. The summed E-state index contributed by atoms with van der Waals surface area (Å²) in [4.78, 5) is 12.8. The highest BCUT2D eigenvalue weighted by Crippen LogP contribution is 2.29. The third-order valence-electron chi connectivity index (χ3n) is 5.85. The van der Waals surface area contributed by atoms with E-state index in [0.717, 1.165) is 19.3 Å². The van der Waals surface area contributed by atoms with Gasteiger partial charge in [0.2, 0.25) is 20.0 Å². The van der Waals surface area contributed by atoms with Crippen LogP contribution in [0.2, 0.25) is 5.02 Å². The van der Waals surface area contributed by atoms with Crippen LogP contribution in [0.25, 0.3) is 0 Å². The SMILES string of the molecule is O=C(Nc1ccc(Cl)c(S(=O)(=O)N2CCOCC2)c1)c1ccc(S(=O)(=O)N2CCCCC2)cc1. The molecule has 0 saturated carbocycles. The molecule has 0 aromatic heterocycles. The molecule has 2 fully saturated rings. The molecule has 2 heterocycles. The van der Waals surface area contributed by atoms with Crippen molar-refractivity contribution in [2.75, 3.05) is 44.7 Å². The summed E-state index contributed by atoms with van der Waals surface area (Å²) in [6.45, 7) is 2.05. The first-order valence-corrected chi connectivity index (χ1v) is 14.2. The topological polar surface area (TPSA) is 113 Å². The molecule has 2 aromatic carbocycles. The number of nitrogens with one attached hydrogen (secondary N) is 1. The Hall–Kier alpha value is -2.02. The number of morpholine rings is 1. The third kappa shape index (κ3) is 5.29. The van der Waals surface area contributed by atoms with E-state index in [-0.39, 0.29) is 39.2 Å². The van der Waals surface area contributed by atoms with Crippen LogP contribution in [0, 0.1) is 0 Å². The van der Waals surface area contributed by atoms with Crippen molar-refractivity contribution in [2.24, 2.45) is 0 Å². The van der Waals surface area contributed by atoms with Crippen molar-refractivity contribution < 1.29 is 26.4 Å². The molecule has 1 N–H and O–H groups in total. The maximum atomic E-state index is 13.0. The van der Waals surface area contributed by atoms with Crippen molar-refractivity contribution in [2.45, 2.75) is 29.1 Å². The van der Waals surface area contributed by atoms with Crippen LogP contribution in [-0.4, -0.2) is 70.7 Å². The van der Waals surface area contributed by atoms with Crippen molar-refractivity contribution in [3.63, 3.8) is 0 Å². The van der Waals surface area contributed by atoms with Crippen molar-refractivity contribution >= 4 is 43.2 Å². The molecule has 2 saturated heterocycles. The van der Waals surface area contributed by atoms with Crippen LogP contribution >= 0.6 is 11.6 Å². The molecular formula is C22H26ClN3O6S2. The Morgan fingerprint density at radius 3 is 2.09 bits per heavy atom. The number of amides is 1. The van der Waals surface area contributed by atoms with Crippen LogP contribution in [0.15, 0.2) is 52.3 Å². The maximum absolute atomic E-state index is 13.0. The highest BCUT2D eigenvalue weighted by molar-refractivity contribution is 7.89. The Morgan fingerprint density at radius 2 is 1.44 bits per heavy atom. The summed E-state index contributed by atoms with van der Waals surface area (Å²) in [7, 11) is -7.44. The molecule has 12 heteroatoms. The zero-order chi connectivity index (χ0) is 24.3. The number of anilines is 1. The van der Waals surface area contributed by atoms with Crippen molar-refractivity contribution in [3.8, 4) is 0 Å². The predicted molar refractivity (Wildman–Crippen MR) is 128 cm³/mol. The fourth-order valence-electron chi connectivity index (χ4n) is 3.94. The third-order valence-corrected chi connectivity index (χ3v) is 10.1. The Kier molecular flexibility index (Phi) is 7.60. The quantitative estimate of drug-likeness (QED) is 0.618. The van der Waals surface area contributed by atoms with Gasteiger partial charge in [0.1, 0.15) is 4.90 Å². The van der Waals surface area contributed by atoms with Crippen LogP contribution in [0.3, 0.4) is 0 Å². The number of halogens is 1. The van der Waals surface area contributed by atoms with Gasteiger partial charge in [-0.2, -0.15) is 8.61 Å². The summed E-state index contributed by atoms with van der Waals surface area (Å²) in [5, 5.41) is 2.71. The van der Waals surface area contributed by atoms with Gasteiger partial charge < -0.3 is 10.1 Å². The molecule has 0 unspecified atom stereocenters. The van der Waals surface area contributed by atoms with E-state index in [4.69, 9.17) is 16.3 Å². The standard InChI is InChI=1S/C22H26ClN3O6S2/c23-20-9-6-18(16-21(20)34(30,31)26-12-14-32-15-13-26)24-22(27)17-4-7-19(8-5-17)33(28,29)25-10-2-1-3-11-25/h4-9,16H,1-3,10-15H2,(H,24,27). The van der Waals surface area contributed by atoms with Crippen molar-refractivity contribution in [3.05, 3.63) is 53.1 Å². The molecule has 184 valence electrons.